The van der Waals surface area contributed by atoms with E-state index in [1.807, 2.05) is 32.0 Å². The highest BCUT2D eigenvalue weighted by atomic mass is 35.5. The third-order valence-corrected chi connectivity index (χ3v) is 4.38. The number of likely N-dealkylation sites (N-methyl/N-ethyl adjacent to an activating group) is 1. The van der Waals surface area contributed by atoms with Gasteiger partial charge in [0.15, 0.2) is 13.2 Å². The summed E-state index contributed by atoms with van der Waals surface area (Å²) in [6.07, 6.45) is 0. The molecular weight excluding hydrogens is 396 g/mol. The molecule has 2 rings (SSSR count). The number of ether oxygens (including phenoxy) is 2. The van der Waals surface area contributed by atoms with E-state index in [1.165, 1.54) is 7.05 Å². The van der Waals surface area contributed by atoms with Crippen molar-refractivity contribution < 1.29 is 23.9 Å². The van der Waals surface area contributed by atoms with Crippen LogP contribution in [0.2, 0.25) is 5.02 Å². The molecule has 0 aliphatic carbocycles. The van der Waals surface area contributed by atoms with Gasteiger partial charge in [0.2, 0.25) is 5.91 Å². The van der Waals surface area contributed by atoms with Crippen LogP contribution < -0.4 is 10.1 Å². The first-order chi connectivity index (χ1) is 13.8. The molecule has 0 aliphatic rings. The maximum absolute atomic E-state index is 12.1. The molecule has 29 heavy (non-hydrogen) atoms. The first kappa shape index (κ1) is 22.2. The highest BCUT2D eigenvalue weighted by molar-refractivity contribution is 6.33. The second-order valence-corrected chi connectivity index (χ2v) is 6.86. The Balaban J connectivity index is 1.75. The van der Waals surface area contributed by atoms with E-state index in [1.54, 1.807) is 24.3 Å². The number of nitrogens with zero attached hydrogens (tertiary/aromatic N) is 1. The zero-order valence-corrected chi connectivity index (χ0v) is 17.3. The summed E-state index contributed by atoms with van der Waals surface area (Å²) in [6.45, 7) is 2.75. The maximum Gasteiger partial charge on any atom is 0.344 e. The fraction of sp³-hybridized carbons (Fsp3) is 0.286. The van der Waals surface area contributed by atoms with Crippen molar-refractivity contribution in [2.75, 3.05) is 32.1 Å². The zero-order chi connectivity index (χ0) is 21.4. The van der Waals surface area contributed by atoms with Crippen LogP contribution in [0.4, 0.5) is 5.69 Å². The minimum atomic E-state index is -0.671. The molecule has 0 fully saturated rings. The van der Waals surface area contributed by atoms with Crippen LogP contribution in [0.15, 0.2) is 42.5 Å². The first-order valence-corrected chi connectivity index (χ1v) is 9.28. The summed E-state index contributed by atoms with van der Waals surface area (Å²) in [7, 11) is 1.44. The number of hydrogen-bond donors (Lipinski definition) is 1. The van der Waals surface area contributed by atoms with E-state index in [9.17, 15) is 14.4 Å². The standard InChI is InChI=1S/C21H23ClN2O5/c1-14-7-6-8-15(2)21(14)29-13-20(27)28-12-19(26)24(3)11-18(25)23-17-10-5-4-9-16(17)22/h4-10H,11-13H2,1-3H3,(H,23,25). The van der Waals surface area contributed by atoms with Crippen LogP contribution in [0.3, 0.4) is 0 Å². The van der Waals surface area contributed by atoms with E-state index >= 15 is 0 Å². The second-order valence-electron chi connectivity index (χ2n) is 6.45. The summed E-state index contributed by atoms with van der Waals surface area (Å²) in [4.78, 5) is 37.1. The number of hydrogen-bond acceptors (Lipinski definition) is 5. The molecule has 0 radical (unpaired) electrons. The summed E-state index contributed by atoms with van der Waals surface area (Å²) in [5.41, 5.74) is 2.26. The Morgan fingerprint density at radius 2 is 1.66 bits per heavy atom. The Hall–Kier alpha value is -3.06. The Kier molecular flexibility index (Phi) is 8.03. The van der Waals surface area contributed by atoms with Crippen molar-refractivity contribution in [3.8, 4) is 5.75 Å². The van der Waals surface area contributed by atoms with Gasteiger partial charge in [-0.2, -0.15) is 0 Å². The van der Waals surface area contributed by atoms with Gasteiger partial charge in [-0.1, -0.05) is 41.9 Å². The van der Waals surface area contributed by atoms with Gasteiger partial charge < -0.3 is 19.7 Å². The Bertz CT molecular complexity index is 880. The van der Waals surface area contributed by atoms with E-state index < -0.39 is 24.4 Å². The fourth-order valence-corrected chi connectivity index (χ4v) is 2.69. The molecule has 2 aromatic rings. The molecule has 0 spiro atoms. The molecule has 2 aromatic carbocycles. The van der Waals surface area contributed by atoms with Gasteiger partial charge in [-0.25, -0.2) is 4.79 Å². The average Bonchev–Trinajstić information content (AvgIpc) is 2.67. The van der Waals surface area contributed by atoms with Crippen LogP contribution in [0.5, 0.6) is 5.75 Å². The molecular formula is C21H23ClN2O5. The van der Waals surface area contributed by atoms with Gasteiger partial charge in [0.05, 0.1) is 17.3 Å². The number of nitrogens with one attached hydrogen (secondary N) is 1. The quantitative estimate of drug-likeness (QED) is 0.666. The van der Waals surface area contributed by atoms with Gasteiger partial charge >= 0.3 is 5.97 Å². The topological polar surface area (TPSA) is 84.9 Å². The van der Waals surface area contributed by atoms with Crippen LogP contribution in [0.1, 0.15) is 11.1 Å². The summed E-state index contributed by atoms with van der Waals surface area (Å²) in [6, 6.07) is 12.4. The molecule has 2 amide bonds. The smallest absolute Gasteiger partial charge is 0.344 e. The lowest BCUT2D eigenvalue weighted by Gasteiger charge is -2.17. The number of halogens is 1. The molecule has 0 heterocycles. The van der Waals surface area contributed by atoms with Gasteiger partial charge in [0.25, 0.3) is 5.91 Å². The highest BCUT2D eigenvalue weighted by Crippen LogP contribution is 2.22. The van der Waals surface area contributed by atoms with Crippen LogP contribution in [0, 0.1) is 13.8 Å². The molecule has 154 valence electrons. The van der Waals surface area contributed by atoms with Gasteiger partial charge in [-0.15, -0.1) is 0 Å². The summed E-state index contributed by atoms with van der Waals surface area (Å²) < 4.78 is 10.4. The number of benzene rings is 2. The predicted molar refractivity (Wildman–Crippen MR) is 110 cm³/mol. The van der Waals surface area contributed by atoms with E-state index in [0.29, 0.717) is 16.5 Å². The zero-order valence-electron chi connectivity index (χ0n) is 16.5. The molecule has 0 aliphatic heterocycles. The number of rotatable bonds is 8. The lowest BCUT2D eigenvalue weighted by Crippen LogP contribution is -2.37. The van der Waals surface area contributed by atoms with Crippen LogP contribution in [0.25, 0.3) is 0 Å². The normalized spacial score (nSPS) is 10.2. The molecule has 0 saturated heterocycles. The van der Waals surface area contributed by atoms with Gasteiger partial charge in [-0.05, 0) is 37.1 Å². The fourth-order valence-electron chi connectivity index (χ4n) is 2.51. The predicted octanol–water partition coefficient (Wildman–Crippen LogP) is 2.98. The molecule has 0 atom stereocenters. The van der Waals surface area contributed by atoms with Crippen molar-refractivity contribution >= 4 is 35.1 Å². The molecule has 7 nitrogen and oxygen atoms in total. The number of aryl methyl sites for hydroxylation is 2. The molecule has 0 aromatic heterocycles. The van der Waals surface area contributed by atoms with E-state index in [0.717, 1.165) is 16.0 Å². The molecule has 0 bridgehead atoms. The van der Waals surface area contributed by atoms with Gasteiger partial charge in [0, 0.05) is 7.05 Å². The molecule has 8 heteroatoms. The number of carbonyl (C=O) groups excluding carboxylic acids is 3. The van der Waals surface area contributed by atoms with Gasteiger partial charge in [0.1, 0.15) is 5.75 Å². The monoisotopic (exact) mass is 418 g/mol. The van der Waals surface area contributed by atoms with Gasteiger partial charge in [-0.3, -0.25) is 9.59 Å². The SMILES string of the molecule is Cc1cccc(C)c1OCC(=O)OCC(=O)N(C)CC(=O)Nc1ccccc1Cl. The number of carbonyl (C=O) groups is 3. The van der Waals surface area contributed by atoms with E-state index in [4.69, 9.17) is 21.1 Å². The van der Waals surface area contributed by atoms with Crippen LogP contribution in [-0.2, 0) is 19.1 Å². The third-order valence-electron chi connectivity index (χ3n) is 4.05. The number of amides is 2. The largest absolute Gasteiger partial charge is 0.481 e. The van der Waals surface area contributed by atoms with Crippen molar-refractivity contribution in [2.45, 2.75) is 13.8 Å². The van der Waals surface area contributed by atoms with Crippen molar-refractivity contribution in [1.29, 1.82) is 0 Å². The summed E-state index contributed by atoms with van der Waals surface area (Å²) in [5, 5.41) is 3.01. The van der Waals surface area contributed by atoms with Crippen molar-refractivity contribution in [2.24, 2.45) is 0 Å². The van der Waals surface area contributed by atoms with Crippen molar-refractivity contribution in [1.82, 2.24) is 4.90 Å². The lowest BCUT2D eigenvalue weighted by atomic mass is 10.1. The first-order valence-electron chi connectivity index (χ1n) is 8.91. The second kappa shape index (κ2) is 10.5. The highest BCUT2D eigenvalue weighted by Gasteiger charge is 2.16. The van der Waals surface area contributed by atoms with E-state index in [-0.39, 0.29) is 13.2 Å². The summed E-state index contributed by atoms with van der Waals surface area (Å²) in [5.74, 6) is -0.988. The van der Waals surface area contributed by atoms with Crippen molar-refractivity contribution in [3.63, 3.8) is 0 Å². The van der Waals surface area contributed by atoms with E-state index in [2.05, 4.69) is 5.32 Å². The maximum atomic E-state index is 12.1. The van der Waals surface area contributed by atoms with Crippen molar-refractivity contribution in [3.05, 3.63) is 58.6 Å². The Labute approximate surface area is 174 Å². The summed E-state index contributed by atoms with van der Waals surface area (Å²) >= 11 is 5.98. The number of para-hydroxylation sites is 2. The Morgan fingerprint density at radius 1 is 1.00 bits per heavy atom. The third kappa shape index (κ3) is 6.80. The number of anilines is 1. The Morgan fingerprint density at radius 3 is 2.31 bits per heavy atom. The average molecular weight is 419 g/mol. The van der Waals surface area contributed by atoms with Crippen LogP contribution in [-0.4, -0.2) is 49.5 Å². The molecule has 0 unspecified atom stereocenters. The molecule has 1 N–H and O–H groups in total. The van der Waals surface area contributed by atoms with Crippen LogP contribution >= 0.6 is 11.6 Å². The lowest BCUT2D eigenvalue weighted by molar-refractivity contribution is -0.153. The number of esters is 1. The molecule has 0 saturated carbocycles. The minimum absolute atomic E-state index is 0.208. The minimum Gasteiger partial charge on any atom is -0.481 e.